The SMILES string of the molecule is CC(=O)N[C@H]1[C@@H](O[C@H]2[C@H](O)[C@@H](O)[C@H](N)C[C@@H]2N)O[C@H](CO)[C@@H](O)[C@@H]1O. The first-order valence-electron chi connectivity index (χ1n) is 8.09. The molecule has 0 spiro atoms. The number of carbonyl (C=O) groups excluding carboxylic acids is 1. The summed E-state index contributed by atoms with van der Waals surface area (Å²) in [6, 6.07) is -2.62. The number of rotatable bonds is 4. The van der Waals surface area contributed by atoms with E-state index >= 15 is 0 Å². The number of hydrogen-bond donors (Lipinski definition) is 8. The van der Waals surface area contributed by atoms with Gasteiger partial charge in [-0.2, -0.15) is 0 Å². The third-order valence-electron chi connectivity index (χ3n) is 4.63. The third kappa shape index (κ3) is 4.27. The minimum atomic E-state index is -1.48. The van der Waals surface area contributed by atoms with Crippen LogP contribution in [0.15, 0.2) is 0 Å². The molecule has 1 saturated heterocycles. The Morgan fingerprint density at radius 2 is 1.76 bits per heavy atom. The van der Waals surface area contributed by atoms with E-state index in [2.05, 4.69) is 5.32 Å². The quantitative estimate of drug-likeness (QED) is 0.239. The van der Waals surface area contributed by atoms with Crippen LogP contribution in [0.2, 0.25) is 0 Å². The van der Waals surface area contributed by atoms with Gasteiger partial charge < -0.3 is 51.8 Å². The predicted molar refractivity (Wildman–Crippen MR) is 82.8 cm³/mol. The van der Waals surface area contributed by atoms with Gasteiger partial charge in [0.1, 0.15) is 36.6 Å². The smallest absolute Gasteiger partial charge is 0.217 e. The monoisotopic (exact) mass is 365 g/mol. The normalized spacial score (nSPS) is 48.2. The fraction of sp³-hybridized carbons (Fsp3) is 0.929. The lowest BCUT2D eigenvalue weighted by Crippen LogP contribution is -2.68. The second-order valence-electron chi connectivity index (χ2n) is 6.58. The molecule has 0 bridgehead atoms. The number of hydrogen-bond acceptors (Lipinski definition) is 10. The summed E-state index contributed by atoms with van der Waals surface area (Å²) in [5.41, 5.74) is 11.6. The first-order valence-corrected chi connectivity index (χ1v) is 8.09. The van der Waals surface area contributed by atoms with Crippen molar-refractivity contribution >= 4 is 5.91 Å². The maximum Gasteiger partial charge on any atom is 0.217 e. The predicted octanol–water partition coefficient (Wildman–Crippen LogP) is -4.90. The van der Waals surface area contributed by atoms with E-state index in [1.807, 2.05) is 0 Å². The van der Waals surface area contributed by atoms with Gasteiger partial charge in [0.15, 0.2) is 6.29 Å². The van der Waals surface area contributed by atoms with Crippen molar-refractivity contribution in [3.8, 4) is 0 Å². The maximum atomic E-state index is 11.4. The largest absolute Gasteiger partial charge is 0.394 e. The molecule has 0 aromatic heterocycles. The highest BCUT2D eigenvalue weighted by Gasteiger charge is 2.49. The van der Waals surface area contributed by atoms with E-state index in [1.54, 1.807) is 0 Å². The highest BCUT2D eigenvalue weighted by molar-refractivity contribution is 5.73. The van der Waals surface area contributed by atoms with Crippen molar-refractivity contribution in [1.82, 2.24) is 5.32 Å². The molecule has 1 saturated carbocycles. The molecular formula is C14H27N3O8. The van der Waals surface area contributed by atoms with E-state index in [4.69, 9.17) is 20.9 Å². The van der Waals surface area contributed by atoms with E-state index in [1.165, 1.54) is 6.92 Å². The molecule has 11 heteroatoms. The minimum absolute atomic E-state index is 0.176. The molecule has 146 valence electrons. The van der Waals surface area contributed by atoms with Crippen LogP contribution in [0.1, 0.15) is 13.3 Å². The highest BCUT2D eigenvalue weighted by atomic mass is 16.7. The van der Waals surface area contributed by atoms with Gasteiger partial charge >= 0.3 is 0 Å². The molecule has 0 radical (unpaired) electrons. The molecule has 0 aromatic rings. The van der Waals surface area contributed by atoms with E-state index in [0.717, 1.165) is 0 Å². The Labute approximate surface area is 144 Å². The molecule has 1 aliphatic heterocycles. The van der Waals surface area contributed by atoms with Crippen molar-refractivity contribution in [2.24, 2.45) is 11.5 Å². The average molecular weight is 365 g/mol. The van der Waals surface area contributed by atoms with Crippen LogP contribution in [0.25, 0.3) is 0 Å². The maximum absolute atomic E-state index is 11.4. The molecule has 2 rings (SSSR count). The summed E-state index contributed by atoms with van der Waals surface area (Å²) in [5.74, 6) is -0.508. The van der Waals surface area contributed by atoms with Crippen molar-refractivity contribution in [3.05, 3.63) is 0 Å². The lowest BCUT2D eigenvalue weighted by atomic mass is 9.84. The number of nitrogens with two attached hydrogens (primary N) is 2. The molecule has 0 aromatic carbocycles. The summed E-state index contributed by atoms with van der Waals surface area (Å²) >= 11 is 0. The number of amides is 1. The van der Waals surface area contributed by atoms with Gasteiger partial charge in [-0.15, -0.1) is 0 Å². The molecule has 2 aliphatic rings. The van der Waals surface area contributed by atoms with Gasteiger partial charge in [0.25, 0.3) is 0 Å². The summed E-state index contributed by atoms with van der Waals surface area (Å²) in [6.45, 7) is 0.607. The molecule has 2 fully saturated rings. The standard InChI is InChI=1S/C14H27N3O8/c1-4(19)17-8-11(22)10(21)7(3-18)24-14(8)25-13-6(16)2-5(15)9(20)12(13)23/h5-14,18,20-23H,2-3,15-16H2,1H3,(H,17,19)/t5-,6+,7-,8-,9+,10-,11-,12-,13-,14-/m1/s1. The number of aliphatic hydroxyl groups is 5. The number of carbonyl (C=O) groups is 1. The van der Waals surface area contributed by atoms with Crippen molar-refractivity contribution in [2.45, 2.75) is 74.4 Å². The third-order valence-corrected chi connectivity index (χ3v) is 4.63. The zero-order valence-corrected chi connectivity index (χ0v) is 13.8. The lowest BCUT2D eigenvalue weighted by molar-refractivity contribution is -0.297. The van der Waals surface area contributed by atoms with Gasteiger partial charge in [-0.3, -0.25) is 4.79 Å². The Balaban J connectivity index is 2.19. The first-order chi connectivity index (χ1) is 11.7. The van der Waals surface area contributed by atoms with Crippen LogP contribution >= 0.6 is 0 Å². The second kappa shape index (κ2) is 8.20. The Morgan fingerprint density at radius 1 is 1.12 bits per heavy atom. The molecule has 1 heterocycles. The summed E-state index contributed by atoms with van der Waals surface area (Å²) in [7, 11) is 0. The summed E-state index contributed by atoms with van der Waals surface area (Å²) in [5, 5.41) is 52.0. The van der Waals surface area contributed by atoms with Crippen molar-refractivity contribution in [1.29, 1.82) is 0 Å². The van der Waals surface area contributed by atoms with Gasteiger partial charge in [0.2, 0.25) is 5.91 Å². The number of ether oxygens (including phenoxy) is 2. The molecule has 10 atom stereocenters. The van der Waals surface area contributed by atoms with Gasteiger partial charge in [0.05, 0.1) is 12.7 Å². The number of nitrogens with one attached hydrogen (secondary N) is 1. The van der Waals surface area contributed by atoms with Crippen LogP contribution in [0.3, 0.4) is 0 Å². The second-order valence-corrected chi connectivity index (χ2v) is 6.58. The van der Waals surface area contributed by atoms with Crippen molar-refractivity contribution in [3.63, 3.8) is 0 Å². The van der Waals surface area contributed by atoms with E-state index in [9.17, 15) is 30.3 Å². The molecule has 0 unspecified atom stereocenters. The van der Waals surface area contributed by atoms with Crippen LogP contribution in [0.4, 0.5) is 0 Å². The van der Waals surface area contributed by atoms with Crippen LogP contribution in [0.5, 0.6) is 0 Å². The molecule has 1 amide bonds. The summed E-state index contributed by atoms with van der Waals surface area (Å²) < 4.78 is 11.0. The topological polar surface area (TPSA) is 201 Å². The van der Waals surface area contributed by atoms with Gasteiger partial charge in [-0.1, -0.05) is 0 Å². The summed E-state index contributed by atoms with van der Waals surface area (Å²) in [6.07, 6.45) is -8.99. The fourth-order valence-corrected chi connectivity index (χ4v) is 3.21. The van der Waals surface area contributed by atoms with E-state index in [0.29, 0.717) is 0 Å². The zero-order valence-electron chi connectivity index (χ0n) is 13.8. The molecule has 11 nitrogen and oxygen atoms in total. The zero-order chi connectivity index (χ0) is 18.9. The molecule has 25 heavy (non-hydrogen) atoms. The Kier molecular flexibility index (Phi) is 6.70. The highest BCUT2D eigenvalue weighted by Crippen LogP contribution is 2.27. The molecular weight excluding hydrogens is 338 g/mol. The van der Waals surface area contributed by atoms with Crippen LogP contribution < -0.4 is 16.8 Å². The van der Waals surface area contributed by atoms with Gasteiger partial charge in [-0.05, 0) is 6.42 Å². The Morgan fingerprint density at radius 3 is 2.32 bits per heavy atom. The average Bonchev–Trinajstić information content (AvgIpc) is 2.55. The Hall–Kier alpha value is -0.890. The van der Waals surface area contributed by atoms with E-state index in [-0.39, 0.29) is 6.42 Å². The van der Waals surface area contributed by atoms with E-state index < -0.39 is 73.6 Å². The Bertz CT molecular complexity index is 469. The first kappa shape index (κ1) is 20.4. The van der Waals surface area contributed by atoms with Crippen molar-refractivity contribution < 1.29 is 39.8 Å². The van der Waals surface area contributed by atoms with Gasteiger partial charge in [-0.25, -0.2) is 0 Å². The molecule has 10 N–H and O–H groups in total. The minimum Gasteiger partial charge on any atom is -0.394 e. The lowest BCUT2D eigenvalue weighted by Gasteiger charge is -2.46. The number of aliphatic hydroxyl groups excluding tert-OH is 5. The van der Waals surface area contributed by atoms with Crippen LogP contribution in [-0.2, 0) is 14.3 Å². The van der Waals surface area contributed by atoms with Gasteiger partial charge in [0, 0.05) is 19.0 Å². The van der Waals surface area contributed by atoms with Crippen molar-refractivity contribution in [2.75, 3.05) is 6.61 Å². The van der Waals surface area contributed by atoms with Crippen LogP contribution in [0, 0.1) is 0 Å². The van der Waals surface area contributed by atoms with Crippen LogP contribution in [-0.4, -0.2) is 99.1 Å². The fourth-order valence-electron chi connectivity index (χ4n) is 3.21. The molecule has 1 aliphatic carbocycles. The summed E-state index contributed by atoms with van der Waals surface area (Å²) in [4.78, 5) is 11.4.